The van der Waals surface area contributed by atoms with E-state index in [9.17, 15) is 9.18 Å². The number of carbonyl (C=O) groups is 1. The number of hydrogen-bond donors (Lipinski definition) is 0. The standard InChI is InChI=1S/C17H18FN5O3/c1-22-8-14(19-21-22)12-7-23(9-16(12)25-2)17(24)6-13-11-5-10(18)3-4-15(11)26-20-13/h3-5,8,12,16H,6-7,9H2,1-2H3/t12-,16+/m0/s1. The van der Waals surface area contributed by atoms with Crippen LogP contribution in [-0.2, 0) is 23.0 Å². The average molecular weight is 359 g/mol. The van der Waals surface area contributed by atoms with Gasteiger partial charge in [0.2, 0.25) is 5.91 Å². The third-order valence-electron chi connectivity index (χ3n) is 4.75. The van der Waals surface area contributed by atoms with Crippen LogP contribution in [0.5, 0.6) is 0 Å². The maximum absolute atomic E-state index is 13.5. The van der Waals surface area contributed by atoms with Crippen LogP contribution >= 0.6 is 0 Å². The van der Waals surface area contributed by atoms with Gasteiger partial charge in [0.1, 0.15) is 11.5 Å². The minimum absolute atomic E-state index is 0.0378. The number of rotatable bonds is 4. The summed E-state index contributed by atoms with van der Waals surface area (Å²) in [5.74, 6) is -0.542. The minimum atomic E-state index is -0.391. The second-order valence-electron chi connectivity index (χ2n) is 6.44. The molecule has 9 heteroatoms. The van der Waals surface area contributed by atoms with Gasteiger partial charge in [-0.15, -0.1) is 5.10 Å². The number of halogens is 1. The number of nitrogens with zero attached hydrogens (tertiary/aromatic N) is 5. The number of ether oxygens (including phenoxy) is 1. The molecule has 1 aliphatic heterocycles. The predicted octanol–water partition coefficient (Wildman–Crippen LogP) is 1.28. The Balaban J connectivity index is 1.52. The second kappa shape index (κ2) is 6.49. The molecule has 136 valence electrons. The molecule has 2 aromatic heterocycles. The van der Waals surface area contributed by atoms with Crippen LogP contribution in [0.15, 0.2) is 28.9 Å². The van der Waals surface area contributed by atoms with E-state index in [0.29, 0.717) is 29.8 Å². The van der Waals surface area contributed by atoms with Crippen LogP contribution in [0.1, 0.15) is 17.3 Å². The lowest BCUT2D eigenvalue weighted by molar-refractivity contribution is -0.129. The maximum atomic E-state index is 13.5. The number of fused-ring (bicyclic) bond motifs is 1. The molecule has 0 radical (unpaired) electrons. The van der Waals surface area contributed by atoms with Crippen LogP contribution in [0, 0.1) is 5.82 Å². The topological polar surface area (TPSA) is 86.3 Å². The van der Waals surface area contributed by atoms with Gasteiger partial charge in [-0.05, 0) is 18.2 Å². The molecule has 0 spiro atoms. The van der Waals surface area contributed by atoms with Crippen molar-refractivity contribution < 1.29 is 18.4 Å². The first kappa shape index (κ1) is 16.6. The highest BCUT2D eigenvalue weighted by Gasteiger charge is 2.38. The van der Waals surface area contributed by atoms with E-state index in [2.05, 4.69) is 15.5 Å². The Morgan fingerprint density at radius 1 is 1.42 bits per heavy atom. The van der Waals surface area contributed by atoms with E-state index in [-0.39, 0.29) is 24.3 Å². The number of amides is 1. The van der Waals surface area contributed by atoms with Crippen molar-refractivity contribution in [1.82, 2.24) is 25.1 Å². The highest BCUT2D eigenvalue weighted by Crippen LogP contribution is 2.29. The Labute approximate surface area is 148 Å². The molecule has 3 aromatic rings. The summed E-state index contributed by atoms with van der Waals surface area (Å²) in [4.78, 5) is 14.5. The lowest BCUT2D eigenvalue weighted by Gasteiger charge is -2.15. The summed E-state index contributed by atoms with van der Waals surface area (Å²) in [5.41, 5.74) is 1.69. The number of hydrogen-bond acceptors (Lipinski definition) is 6. The quantitative estimate of drug-likeness (QED) is 0.697. The van der Waals surface area contributed by atoms with Crippen molar-refractivity contribution in [1.29, 1.82) is 0 Å². The Kier molecular flexibility index (Phi) is 4.15. The van der Waals surface area contributed by atoms with E-state index in [1.54, 1.807) is 23.7 Å². The molecular weight excluding hydrogens is 341 g/mol. The van der Waals surface area contributed by atoms with E-state index in [4.69, 9.17) is 9.26 Å². The van der Waals surface area contributed by atoms with Gasteiger partial charge in [-0.1, -0.05) is 10.4 Å². The summed E-state index contributed by atoms with van der Waals surface area (Å²) in [7, 11) is 3.42. The van der Waals surface area contributed by atoms with Crippen LogP contribution in [0.4, 0.5) is 4.39 Å². The third kappa shape index (κ3) is 2.94. The van der Waals surface area contributed by atoms with Crippen LogP contribution in [-0.4, -0.2) is 57.3 Å². The first-order valence-electron chi connectivity index (χ1n) is 8.25. The number of carbonyl (C=O) groups excluding carboxylic acids is 1. The van der Waals surface area contributed by atoms with Crippen LogP contribution in [0.25, 0.3) is 11.0 Å². The zero-order valence-corrected chi connectivity index (χ0v) is 14.4. The number of benzene rings is 1. The summed E-state index contributed by atoms with van der Waals surface area (Å²) in [6.45, 7) is 0.945. The fourth-order valence-electron chi connectivity index (χ4n) is 3.38. The first-order valence-corrected chi connectivity index (χ1v) is 8.25. The van der Waals surface area contributed by atoms with Crippen LogP contribution in [0.2, 0.25) is 0 Å². The third-order valence-corrected chi connectivity index (χ3v) is 4.75. The lowest BCUT2D eigenvalue weighted by Crippen LogP contribution is -2.31. The van der Waals surface area contributed by atoms with E-state index in [1.165, 1.54) is 18.2 Å². The highest BCUT2D eigenvalue weighted by atomic mass is 19.1. The molecule has 0 unspecified atom stereocenters. The van der Waals surface area contributed by atoms with Crippen molar-refractivity contribution in [2.24, 2.45) is 7.05 Å². The number of aromatic nitrogens is 4. The molecule has 1 saturated heterocycles. The van der Waals surface area contributed by atoms with Gasteiger partial charge >= 0.3 is 0 Å². The van der Waals surface area contributed by atoms with E-state index in [1.807, 2.05) is 6.20 Å². The normalized spacial score (nSPS) is 20.2. The van der Waals surface area contributed by atoms with Gasteiger partial charge in [-0.3, -0.25) is 9.48 Å². The summed E-state index contributed by atoms with van der Waals surface area (Å²) in [5, 5.41) is 12.5. The Morgan fingerprint density at radius 3 is 3.00 bits per heavy atom. The molecule has 1 fully saturated rings. The lowest BCUT2D eigenvalue weighted by atomic mass is 10.0. The van der Waals surface area contributed by atoms with Crippen molar-refractivity contribution in [3.05, 3.63) is 41.6 Å². The molecule has 1 amide bonds. The van der Waals surface area contributed by atoms with Crippen molar-refractivity contribution in [2.75, 3.05) is 20.2 Å². The Hall–Kier alpha value is -2.81. The summed E-state index contributed by atoms with van der Waals surface area (Å²) >= 11 is 0. The van der Waals surface area contributed by atoms with Gasteiger partial charge in [0.15, 0.2) is 5.58 Å². The molecule has 1 aromatic carbocycles. The summed E-state index contributed by atoms with van der Waals surface area (Å²) in [6.07, 6.45) is 1.72. The predicted molar refractivity (Wildman–Crippen MR) is 88.8 cm³/mol. The SMILES string of the molecule is CO[C@@H]1CN(C(=O)Cc2noc3ccc(F)cc23)C[C@H]1c1cn(C)nn1. The highest BCUT2D eigenvalue weighted by molar-refractivity contribution is 5.86. The Morgan fingerprint density at radius 2 is 2.27 bits per heavy atom. The zero-order chi connectivity index (χ0) is 18.3. The smallest absolute Gasteiger partial charge is 0.228 e. The van der Waals surface area contributed by atoms with Crippen molar-refractivity contribution in [3.8, 4) is 0 Å². The molecule has 1 aliphatic rings. The van der Waals surface area contributed by atoms with Gasteiger partial charge < -0.3 is 14.2 Å². The molecule has 0 saturated carbocycles. The van der Waals surface area contributed by atoms with Crippen molar-refractivity contribution in [3.63, 3.8) is 0 Å². The fraction of sp³-hybridized carbons (Fsp3) is 0.412. The van der Waals surface area contributed by atoms with Crippen molar-refractivity contribution in [2.45, 2.75) is 18.4 Å². The van der Waals surface area contributed by atoms with Gasteiger partial charge in [0.25, 0.3) is 0 Å². The van der Waals surface area contributed by atoms with E-state index >= 15 is 0 Å². The average Bonchev–Trinajstić information content (AvgIpc) is 3.33. The molecule has 0 N–H and O–H groups in total. The molecule has 4 rings (SSSR count). The first-order chi connectivity index (χ1) is 12.5. The van der Waals surface area contributed by atoms with Crippen LogP contribution in [0.3, 0.4) is 0 Å². The largest absolute Gasteiger partial charge is 0.379 e. The number of aryl methyl sites for hydroxylation is 1. The molecule has 0 aliphatic carbocycles. The summed E-state index contributed by atoms with van der Waals surface area (Å²) in [6, 6.07) is 4.14. The van der Waals surface area contributed by atoms with Gasteiger partial charge in [0.05, 0.1) is 24.1 Å². The second-order valence-corrected chi connectivity index (χ2v) is 6.44. The molecule has 26 heavy (non-hydrogen) atoms. The van der Waals surface area contributed by atoms with Gasteiger partial charge in [-0.25, -0.2) is 4.39 Å². The van der Waals surface area contributed by atoms with E-state index < -0.39 is 5.82 Å². The fourth-order valence-corrected chi connectivity index (χ4v) is 3.38. The van der Waals surface area contributed by atoms with Gasteiger partial charge in [-0.2, -0.15) is 0 Å². The molecule has 3 heterocycles. The van der Waals surface area contributed by atoms with Crippen molar-refractivity contribution >= 4 is 16.9 Å². The maximum Gasteiger partial charge on any atom is 0.228 e. The molecule has 2 atom stereocenters. The number of methoxy groups -OCH3 is 1. The Bertz CT molecular complexity index is 953. The monoisotopic (exact) mass is 359 g/mol. The minimum Gasteiger partial charge on any atom is -0.379 e. The zero-order valence-electron chi connectivity index (χ0n) is 14.4. The number of likely N-dealkylation sites (tertiary alicyclic amines) is 1. The molecular formula is C17H18FN5O3. The summed E-state index contributed by atoms with van der Waals surface area (Å²) < 4.78 is 25.8. The molecule has 0 bridgehead atoms. The van der Waals surface area contributed by atoms with Gasteiger partial charge in [0, 0.05) is 38.8 Å². The van der Waals surface area contributed by atoms with E-state index in [0.717, 1.165) is 5.69 Å². The van der Waals surface area contributed by atoms with Crippen LogP contribution < -0.4 is 0 Å². The molecule has 8 nitrogen and oxygen atoms in total.